The molecule has 0 saturated carbocycles. The molecule has 128 valence electrons. The number of ether oxygens (including phenoxy) is 1. The predicted octanol–water partition coefficient (Wildman–Crippen LogP) is 2.79. The van der Waals surface area contributed by atoms with E-state index in [-0.39, 0.29) is 18.2 Å². The molecule has 2 aromatic carbocycles. The van der Waals surface area contributed by atoms with Gasteiger partial charge in [0.2, 0.25) is 5.88 Å². The third kappa shape index (κ3) is 3.97. The van der Waals surface area contributed by atoms with Gasteiger partial charge in [0.15, 0.2) is 0 Å². The van der Waals surface area contributed by atoms with Crippen molar-refractivity contribution in [3.63, 3.8) is 0 Å². The third-order valence-electron chi connectivity index (χ3n) is 3.31. The number of halogens is 3. The molecule has 0 amide bonds. The molecule has 0 atom stereocenters. The van der Waals surface area contributed by atoms with E-state index in [0.717, 1.165) is 22.8 Å². The van der Waals surface area contributed by atoms with Crippen molar-refractivity contribution in [1.29, 1.82) is 0 Å². The van der Waals surface area contributed by atoms with E-state index in [0.29, 0.717) is 11.6 Å². The van der Waals surface area contributed by atoms with Gasteiger partial charge in [-0.05, 0) is 17.7 Å². The number of benzene rings is 2. The molecule has 0 aliphatic heterocycles. The Balaban J connectivity index is 1.88. The summed E-state index contributed by atoms with van der Waals surface area (Å²) in [4.78, 5) is 26.5. The van der Waals surface area contributed by atoms with Gasteiger partial charge in [0, 0.05) is 18.2 Å². The molecule has 0 bridgehead atoms. The second-order valence-electron chi connectivity index (χ2n) is 5.20. The first-order valence-corrected chi connectivity index (χ1v) is 7.13. The van der Waals surface area contributed by atoms with Crippen LogP contribution in [0, 0.1) is 17.5 Å². The minimum atomic E-state index is -0.859. The van der Waals surface area contributed by atoms with Gasteiger partial charge < -0.3 is 4.74 Å². The minimum Gasteiger partial charge on any atom is -0.440 e. The van der Waals surface area contributed by atoms with Gasteiger partial charge in [-0.1, -0.05) is 12.1 Å². The third-order valence-corrected chi connectivity index (χ3v) is 3.31. The highest BCUT2D eigenvalue weighted by Gasteiger charge is 2.09. The second kappa shape index (κ2) is 6.68. The van der Waals surface area contributed by atoms with Crippen LogP contribution in [0.25, 0.3) is 0 Å². The molecule has 0 radical (unpaired) electrons. The Hall–Kier alpha value is -3.29. The number of hydrogen-bond acceptors (Lipinski definition) is 3. The van der Waals surface area contributed by atoms with Crippen LogP contribution in [0.3, 0.4) is 0 Å². The van der Waals surface area contributed by atoms with Gasteiger partial charge in [-0.3, -0.25) is 14.3 Å². The lowest BCUT2D eigenvalue weighted by Gasteiger charge is -2.08. The van der Waals surface area contributed by atoms with Gasteiger partial charge in [0.25, 0.3) is 5.56 Å². The van der Waals surface area contributed by atoms with Crippen LogP contribution in [0.15, 0.2) is 58.1 Å². The number of rotatable bonds is 4. The van der Waals surface area contributed by atoms with Gasteiger partial charge in [-0.25, -0.2) is 18.0 Å². The molecule has 0 aliphatic carbocycles. The number of hydrogen-bond donors (Lipinski definition) is 1. The Morgan fingerprint density at radius 3 is 2.12 bits per heavy atom. The highest BCUT2D eigenvalue weighted by Crippen LogP contribution is 2.20. The molecule has 1 heterocycles. The summed E-state index contributed by atoms with van der Waals surface area (Å²) in [7, 11) is 0. The van der Waals surface area contributed by atoms with Crippen molar-refractivity contribution < 1.29 is 17.9 Å². The fourth-order valence-electron chi connectivity index (χ4n) is 2.19. The molecule has 1 N–H and O–H groups in total. The van der Waals surface area contributed by atoms with Crippen LogP contribution in [-0.4, -0.2) is 9.55 Å². The second-order valence-corrected chi connectivity index (χ2v) is 5.20. The topological polar surface area (TPSA) is 64.1 Å². The molecule has 3 rings (SSSR count). The van der Waals surface area contributed by atoms with Gasteiger partial charge in [0.05, 0.1) is 12.6 Å². The highest BCUT2D eigenvalue weighted by atomic mass is 19.1. The van der Waals surface area contributed by atoms with Crippen molar-refractivity contribution in [2.45, 2.75) is 6.54 Å². The first-order valence-electron chi connectivity index (χ1n) is 7.13. The van der Waals surface area contributed by atoms with Crippen molar-refractivity contribution in [3.8, 4) is 11.6 Å². The molecule has 0 fully saturated rings. The predicted molar refractivity (Wildman–Crippen MR) is 83.3 cm³/mol. The lowest BCUT2D eigenvalue weighted by Crippen LogP contribution is -2.34. The molecule has 1 aromatic heterocycles. The maximum atomic E-state index is 13.1. The van der Waals surface area contributed by atoms with E-state index < -0.39 is 28.7 Å². The summed E-state index contributed by atoms with van der Waals surface area (Å²) in [6, 6.07) is 8.78. The largest absolute Gasteiger partial charge is 0.440 e. The smallest absolute Gasteiger partial charge is 0.331 e. The zero-order chi connectivity index (χ0) is 18.0. The quantitative estimate of drug-likeness (QED) is 0.789. The number of nitrogens with zero attached hydrogens (tertiary/aromatic N) is 1. The van der Waals surface area contributed by atoms with E-state index in [4.69, 9.17) is 4.74 Å². The van der Waals surface area contributed by atoms with Crippen LogP contribution in [-0.2, 0) is 6.54 Å². The summed E-state index contributed by atoms with van der Waals surface area (Å²) < 4.78 is 45.2. The van der Waals surface area contributed by atoms with E-state index in [1.165, 1.54) is 24.3 Å². The van der Waals surface area contributed by atoms with E-state index in [1.54, 1.807) is 0 Å². The average Bonchev–Trinajstić information content (AvgIpc) is 2.51. The SMILES string of the molecule is O=c1cc(Oc2cc(F)cc(F)c2)[nH]c(=O)n1Cc1ccc(F)cc1. The summed E-state index contributed by atoms with van der Waals surface area (Å²) in [6.45, 7) is -0.0662. The molecular weight excluding hydrogens is 337 g/mol. The lowest BCUT2D eigenvalue weighted by molar-refractivity contribution is 0.443. The van der Waals surface area contributed by atoms with Crippen molar-refractivity contribution in [1.82, 2.24) is 9.55 Å². The Labute approximate surface area is 138 Å². The van der Waals surface area contributed by atoms with Crippen molar-refractivity contribution in [3.05, 3.63) is 92.4 Å². The first kappa shape index (κ1) is 16.6. The molecule has 25 heavy (non-hydrogen) atoms. The van der Waals surface area contributed by atoms with Crippen LogP contribution >= 0.6 is 0 Å². The van der Waals surface area contributed by atoms with Gasteiger partial charge in [-0.2, -0.15) is 0 Å². The van der Waals surface area contributed by atoms with Crippen molar-refractivity contribution >= 4 is 0 Å². The number of H-pyrrole nitrogens is 1. The van der Waals surface area contributed by atoms with E-state index >= 15 is 0 Å². The molecule has 0 saturated heterocycles. The van der Waals surface area contributed by atoms with Gasteiger partial charge in [0.1, 0.15) is 23.2 Å². The van der Waals surface area contributed by atoms with Crippen LogP contribution in [0.5, 0.6) is 11.6 Å². The summed E-state index contributed by atoms with van der Waals surface area (Å²) in [5.74, 6) is -2.61. The minimum absolute atomic E-state index is 0.0662. The average molecular weight is 348 g/mol. The highest BCUT2D eigenvalue weighted by molar-refractivity contribution is 5.28. The maximum Gasteiger partial charge on any atom is 0.331 e. The molecule has 5 nitrogen and oxygen atoms in total. The maximum absolute atomic E-state index is 13.1. The Morgan fingerprint density at radius 2 is 1.52 bits per heavy atom. The van der Waals surface area contributed by atoms with Crippen LogP contribution in [0.1, 0.15) is 5.56 Å². The summed E-state index contributed by atoms with van der Waals surface area (Å²) in [5.41, 5.74) is -0.904. The molecule has 0 aliphatic rings. The lowest BCUT2D eigenvalue weighted by atomic mass is 10.2. The van der Waals surface area contributed by atoms with E-state index in [2.05, 4.69) is 4.98 Å². The van der Waals surface area contributed by atoms with E-state index in [9.17, 15) is 22.8 Å². The number of aromatic amines is 1. The Kier molecular flexibility index (Phi) is 4.42. The van der Waals surface area contributed by atoms with Crippen LogP contribution < -0.4 is 16.0 Å². The zero-order valence-corrected chi connectivity index (χ0v) is 12.6. The number of nitrogens with one attached hydrogen (secondary N) is 1. The summed E-state index contributed by atoms with van der Waals surface area (Å²) in [6.07, 6.45) is 0. The Bertz CT molecular complexity index is 975. The van der Waals surface area contributed by atoms with Crippen LogP contribution in [0.4, 0.5) is 13.2 Å². The normalized spacial score (nSPS) is 10.7. The molecule has 0 spiro atoms. The van der Waals surface area contributed by atoms with Crippen molar-refractivity contribution in [2.24, 2.45) is 0 Å². The first-order chi connectivity index (χ1) is 11.9. The van der Waals surface area contributed by atoms with Crippen molar-refractivity contribution in [2.75, 3.05) is 0 Å². The summed E-state index contributed by atoms with van der Waals surface area (Å²) in [5, 5.41) is 0. The van der Waals surface area contributed by atoms with Crippen LogP contribution in [0.2, 0.25) is 0 Å². The Morgan fingerprint density at radius 1 is 0.880 bits per heavy atom. The van der Waals surface area contributed by atoms with Gasteiger partial charge >= 0.3 is 5.69 Å². The molecule has 0 unspecified atom stereocenters. The zero-order valence-electron chi connectivity index (χ0n) is 12.6. The molecular formula is C17H11F3N2O3. The standard InChI is InChI=1S/C17H11F3N2O3/c18-11-3-1-10(2-4-11)9-22-16(23)8-15(21-17(22)24)25-14-6-12(19)5-13(20)7-14/h1-8H,9H2,(H,21,24). The fraction of sp³-hybridized carbons (Fsp3) is 0.0588. The fourth-order valence-corrected chi connectivity index (χ4v) is 2.19. The number of aromatic nitrogens is 2. The molecule has 8 heteroatoms. The van der Waals surface area contributed by atoms with Gasteiger partial charge in [-0.15, -0.1) is 0 Å². The van der Waals surface area contributed by atoms with E-state index in [1.807, 2.05) is 0 Å². The summed E-state index contributed by atoms with van der Waals surface area (Å²) >= 11 is 0. The molecule has 3 aromatic rings. The monoisotopic (exact) mass is 348 g/mol.